The molecule has 0 atom stereocenters. The molecule has 0 heterocycles. The molecule has 0 radical (unpaired) electrons. The Labute approximate surface area is 70.3 Å². The Hall–Kier alpha value is -0.410. The van der Waals surface area contributed by atoms with Crippen LogP contribution in [0.4, 0.5) is 0 Å². The van der Waals surface area contributed by atoms with E-state index >= 15 is 0 Å². The summed E-state index contributed by atoms with van der Waals surface area (Å²) in [5.74, 6) is 0. The summed E-state index contributed by atoms with van der Waals surface area (Å²) in [6.45, 7) is 4.21. The maximum Gasteiger partial charge on any atom is 0.145 e. The van der Waals surface area contributed by atoms with Gasteiger partial charge in [0.25, 0.3) is 0 Å². The summed E-state index contributed by atoms with van der Waals surface area (Å²) in [5.41, 5.74) is 0. The first kappa shape index (κ1) is 16.9. The van der Waals surface area contributed by atoms with Crippen molar-refractivity contribution in [2.24, 2.45) is 0 Å². The second-order valence-corrected chi connectivity index (χ2v) is 1.96. The van der Waals surface area contributed by atoms with Gasteiger partial charge in [0.05, 0.1) is 0 Å². The minimum absolute atomic E-state index is 0.208. The lowest BCUT2D eigenvalue weighted by Crippen LogP contribution is -1.99. The Morgan fingerprint density at radius 3 is 1.55 bits per heavy atom. The van der Waals surface area contributed by atoms with Crippen LogP contribution in [0, 0.1) is 0 Å². The molecule has 0 aromatic rings. The molecule has 70 valence electrons. The van der Waals surface area contributed by atoms with Crippen LogP contribution in [0.3, 0.4) is 0 Å². The molecule has 0 rings (SSSR count). The van der Waals surface area contributed by atoms with E-state index in [0.717, 1.165) is 0 Å². The molecule has 0 aliphatic rings. The SMILES string of the molecule is CC.CN(C)C.COCC=O. The Morgan fingerprint density at radius 1 is 1.27 bits per heavy atom. The average molecular weight is 163 g/mol. The van der Waals surface area contributed by atoms with Gasteiger partial charge in [-0.1, -0.05) is 13.8 Å². The quantitative estimate of drug-likeness (QED) is 0.570. The Bertz CT molecular complexity index is 53.3. The smallest absolute Gasteiger partial charge is 0.145 e. The maximum atomic E-state index is 9.28. The lowest BCUT2D eigenvalue weighted by Gasteiger charge is -1.90. The van der Waals surface area contributed by atoms with Crippen LogP contribution in [0.5, 0.6) is 0 Å². The summed E-state index contributed by atoms with van der Waals surface area (Å²) in [5, 5.41) is 0. The number of rotatable bonds is 2. The van der Waals surface area contributed by atoms with Crippen molar-refractivity contribution in [3.8, 4) is 0 Å². The van der Waals surface area contributed by atoms with E-state index in [4.69, 9.17) is 0 Å². The molecule has 0 aromatic heterocycles. The molecule has 0 bridgehead atoms. The van der Waals surface area contributed by atoms with Crippen LogP contribution in [0.25, 0.3) is 0 Å². The van der Waals surface area contributed by atoms with Crippen LogP contribution in [0.15, 0.2) is 0 Å². The molecule has 0 aliphatic heterocycles. The average Bonchev–Trinajstić information content (AvgIpc) is 1.93. The zero-order chi connectivity index (χ0) is 9.70. The highest BCUT2D eigenvalue weighted by Crippen LogP contribution is 1.50. The molecule has 3 nitrogen and oxygen atoms in total. The minimum Gasteiger partial charge on any atom is -0.377 e. The minimum atomic E-state index is 0.208. The lowest BCUT2D eigenvalue weighted by atomic mass is 10.8. The van der Waals surface area contributed by atoms with Gasteiger partial charge in [-0.05, 0) is 21.1 Å². The van der Waals surface area contributed by atoms with Crippen LogP contribution in [-0.2, 0) is 9.53 Å². The van der Waals surface area contributed by atoms with Gasteiger partial charge >= 0.3 is 0 Å². The van der Waals surface area contributed by atoms with Gasteiger partial charge < -0.3 is 14.4 Å². The highest BCUT2D eigenvalue weighted by atomic mass is 16.5. The summed E-state index contributed by atoms with van der Waals surface area (Å²) >= 11 is 0. The summed E-state index contributed by atoms with van der Waals surface area (Å²) in [6, 6.07) is 0. The summed E-state index contributed by atoms with van der Waals surface area (Å²) in [6.07, 6.45) is 0.708. The molecular formula is C8H21NO2. The predicted molar refractivity (Wildman–Crippen MR) is 48.9 cm³/mol. The van der Waals surface area contributed by atoms with Crippen molar-refractivity contribution in [2.45, 2.75) is 13.8 Å². The normalized spacial score (nSPS) is 7.18. The molecule has 0 unspecified atom stereocenters. The fourth-order valence-electron chi connectivity index (χ4n) is 0.0680. The zero-order valence-corrected chi connectivity index (χ0v) is 8.55. The van der Waals surface area contributed by atoms with Crippen LogP contribution >= 0.6 is 0 Å². The van der Waals surface area contributed by atoms with Crippen molar-refractivity contribution in [3.63, 3.8) is 0 Å². The maximum absolute atomic E-state index is 9.28. The van der Waals surface area contributed by atoms with Crippen molar-refractivity contribution in [2.75, 3.05) is 34.9 Å². The number of carbonyl (C=O) groups is 1. The second kappa shape index (κ2) is 22.6. The standard InChI is InChI=1S/C3H9N.C3H6O2.C2H6/c1-4(2)3;1-5-3-2-4;1-2/h1-3H3;2H,3H2,1H3;1-2H3. The first-order valence-corrected chi connectivity index (χ1v) is 3.68. The van der Waals surface area contributed by atoms with Gasteiger partial charge in [0.15, 0.2) is 0 Å². The number of aldehydes is 1. The molecule has 0 aliphatic carbocycles. The molecule has 0 N–H and O–H groups in total. The predicted octanol–water partition coefficient (Wildman–Crippen LogP) is 1.04. The van der Waals surface area contributed by atoms with E-state index in [2.05, 4.69) is 4.74 Å². The second-order valence-electron chi connectivity index (χ2n) is 1.96. The molecule has 0 saturated heterocycles. The van der Waals surface area contributed by atoms with Crippen LogP contribution in [-0.4, -0.2) is 46.0 Å². The fourth-order valence-corrected chi connectivity index (χ4v) is 0.0680. The third-order valence-electron chi connectivity index (χ3n) is 0.235. The molecular weight excluding hydrogens is 142 g/mol. The van der Waals surface area contributed by atoms with Crippen molar-refractivity contribution in [1.82, 2.24) is 4.90 Å². The Kier molecular flexibility index (Phi) is 34.8. The van der Waals surface area contributed by atoms with Crippen LogP contribution < -0.4 is 0 Å². The van der Waals surface area contributed by atoms with Crippen molar-refractivity contribution >= 4 is 6.29 Å². The molecule has 0 aromatic carbocycles. The molecule has 0 amide bonds. The van der Waals surface area contributed by atoms with E-state index in [1.165, 1.54) is 7.11 Å². The van der Waals surface area contributed by atoms with Crippen molar-refractivity contribution < 1.29 is 9.53 Å². The first-order chi connectivity index (χ1) is 5.15. The fraction of sp³-hybridized carbons (Fsp3) is 0.875. The van der Waals surface area contributed by atoms with Gasteiger partial charge in [-0.25, -0.2) is 0 Å². The number of methoxy groups -OCH3 is 1. The van der Waals surface area contributed by atoms with E-state index in [1.54, 1.807) is 0 Å². The van der Waals surface area contributed by atoms with Gasteiger partial charge in [0.1, 0.15) is 12.9 Å². The summed E-state index contributed by atoms with van der Waals surface area (Å²) < 4.78 is 4.32. The number of ether oxygens (including phenoxy) is 1. The number of hydrogen-bond donors (Lipinski definition) is 0. The summed E-state index contributed by atoms with van der Waals surface area (Å²) in [4.78, 5) is 11.3. The third kappa shape index (κ3) is 219. The van der Waals surface area contributed by atoms with Gasteiger partial charge in [-0.15, -0.1) is 0 Å². The highest BCUT2D eigenvalue weighted by Gasteiger charge is 1.64. The van der Waals surface area contributed by atoms with Gasteiger partial charge in [-0.2, -0.15) is 0 Å². The molecule has 0 spiro atoms. The Morgan fingerprint density at radius 2 is 1.55 bits per heavy atom. The topological polar surface area (TPSA) is 29.5 Å². The Balaban J connectivity index is -0.0000000965. The van der Waals surface area contributed by atoms with Crippen LogP contribution in [0.2, 0.25) is 0 Å². The van der Waals surface area contributed by atoms with Crippen molar-refractivity contribution in [3.05, 3.63) is 0 Å². The lowest BCUT2D eigenvalue weighted by molar-refractivity contribution is -0.110. The van der Waals surface area contributed by atoms with Gasteiger partial charge in [0.2, 0.25) is 0 Å². The first-order valence-electron chi connectivity index (χ1n) is 3.68. The van der Waals surface area contributed by atoms with E-state index in [0.29, 0.717) is 6.29 Å². The molecule has 3 heteroatoms. The van der Waals surface area contributed by atoms with E-state index < -0.39 is 0 Å². The highest BCUT2D eigenvalue weighted by molar-refractivity contribution is 5.50. The number of hydrogen-bond acceptors (Lipinski definition) is 3. The monoisotopic (exact) mass is 163 g/mol. The van der Waals surface area contributed by atoms with Gasteiger partial charge in [-0.3, -0.25) is 0 Å². The van der Waals surface area contributed by atoms with E-state index in [9.17, 15) is 4.79 Å². The van der Waals surface area contributed by atoms with Crippen molar-refractivity contribution in [1.29, 1.82) is 0 Å². The number of nitrogens with zero attached hydrogens (tertiary/aromatic N) is 1. The zero-order valence-electron chi connectivity index (χ0n) is 8.55. The summed E-state index contributed by atoms with van der Waals surface area (Å²) in [7, 11) is 7.48. The number of carbonyl (C=O) groups excluding carboxylic acids is 1. The molecule has 11 heavy (non-hydrogen) atoms. The van der Waals surface area contributed by atoms with Gasteiger partial charge in [0, 0.05) is 7.11 Å². The third-order valence-corrected chi connectivity index (χ3v) is 0.235. The molecule has 0 saturated carbocycles. The van der Waals surface area contributed by atoms with E-state index in [1.807, 2.05) is 39.9 Å². The van der Waals surface area contributed by atoms with E-state index in [-0.39, 0.29) is 6.61 Å². The van der Waals surface area contributed by atoms with Crippen LogP contribution in [0.1, 0.15) is 13.8 Å². The molecule has 0 fully saturated rings. The largest absolute Gasteiger partial charge is 0.377 e.